The van der Waals surface area contributed by atoms with Gasteiger partial charge in [-0.2, -0.15) is 0 Å². The third-order valence-electron chi connectivity index (χ3n) is 5.40. The van der Waals surface area contributed by atoms with Gasteiger partial charge in [0.25, 0.3) is 0 Å². The van der Waals surface area contributed by atoms with Crippen LogP contribution >= 0.6 is 0 Å². The molecule has 30 heavy (non-hydrogen) atoms. The molecule has 0 fully saturated rings. The van der Waals surface area contributed by atoms with E-state index in [2.05, 4.69) is 30.3 Å². The Morgan fingerprint density at radius 3 is 2.33 bits per heavy atom. The topological polar surface area (TPSA) is 65.5 Å². The summed E-state index contributed by atoms with van der Waals surface area (Å²) in [6.07, 6.45) is 2.28. The predicted molar refractivity (Wildman–Crippen MR) is 116 cm³/mol. The lowest BCUT2D eigenvalue weighted by Crippen LogP contribution is -2.28. The number of esters is 2. The minimum atomic E-state index is -0.708. The Labute approximate surface area is 172 Å². The van der Waals surface area contributed by atoms with Gasteiger partial charge in [0.1, 0.15) is 0 Å². The molecule has 148 valence electrons. The van der Waals surface area contributed by atoms with E-state index < -0.39 is 24.1 Å². The fourth-order valence-electron chi connectivity index (χ4n) is 4.17. The van der Waals surface area contributed by atoms with E-state index in [1.807, 2.05) is 30.3 Å². The maximum atomic E-state index is 11.7. The minimum Gasteiger partial charge on any atom is -0.454 e. The van der Waals surface area contributed by atoms with E-state index in [1.54, 1.807) is 6.08 Å². The molecule has 0 N–H and O–H groups in total. The number of hydrogen-bond donors (Lipinski definition) is 0. The maximum absolute atomic E-state index is 11.7. The van der Waals surface area contributed by atoms with Crippen molar-refractivity contribution in [1.29, 1.82) is 0 Å². The summed E-state index contributed by atoms with van der Waals surface area (Å²) in [7, 11) is 0. The molecule has 1 heterocycles. The average Bonchev–Trinajstić information content (AvgIpc) is 2.73. The smallest absolute Gasteiger partial charge is 0.303 e. The van der Waals surface area contributed by atoms with E-state index in [-0.39, 0.29) is 0 Å². The SMILES string of the molecule is CC(=O)O[C@H]1C=Cc2c(ccc3cc4ccc5ccccc5c4nc23)[C@@H]1OC(C)=O. The number of rotatable bonds is 2. The van der Waals surface area contributed by atoms with Crippen molar-refractivity contribution < 1.29 is 19.1 Å². The Hall–Kier alpha value is -3.73. The van der Waals surface area contributed by atoms with Gasteiger partial charge in [0.15, 0.2) is 12.2 Å². The van der Waals surface area contributed by atoms with E-state index in [9.17, 15) is 9.59 Å². The molecule has 0 spiro atoms. The summed E-state index contributed by atoms with van der Waals surface area (Å²) in [5.74, 6) is -0.863. The van der Waals surface area contributed by atoms with Gasteiger partial charge < -0.3 is 9.47 Å². The summed E-state index contributed by atoms with van der Waals surface area (Å²) in [4.78, 5) is 28.3. The number of nitrogens with zero attached hydrogens (tertiary/aromatic N) is 1. The van der Waals surface area contributed by atoms with Crippen molar-refractivity contribution in [2.24, 2.45) is 0 Å². The van der Waals surface area contributed by atoms with Crippen molar-refractivity contribution >= 4 is 50.6 Å². The second-order valence-electron chi connectivity index (χ2n) is 7.45. The second-order valence-corrected chi connectivity index (χ2v) is 7.45. The highest BCUT2D eigenvalue weighted by Gasteiger charge is 2.32. The van der Waals surface area contributed by atoms with Crippen LogP contribution in [0.2, 0.25) is 0 Å². The summed E-state index contributed by atoms with van der Waals surface area (Å²) < 4.78 is 10.9. The average molecular weight is 397 g/mol. The zero-order valence-electron chi connectivity index (χ0n) is 16.6. The predicted octanol–water partition coefficient (Wildman–Crippen LogP) is 5.10. The Kier molecular flexibility index (Phi) is 4.24. The fraction of sp³-hybridized carbons (Fsp3) is 0.160. The van der Waals surface area contributed by atoms with E-state index in [4.69, 9.17) is 14.5 Å². The van der Waals surface area contributed by atoms with Crippen molar-refractivity contribution in [2.45, 2.75) is 26.1 Å². The van der Waals surface area contributed by atoms with E-state index >= 15 is 0 Å². The molecule has 0 bridgehead atoms. The van der Waals surface area contributed by atoms with Crippen LogP contribution in [0, 0.1) is 0 Å². The molecule has 5 rings (SSSR count). The van der Waals surface area contributed by atoms with E-state index in [0.717, 1.165) is 43.7 Å². The summed E-state index contributed by atoms with van der Waals surface area (Å²) in [6, 6.07) is 18.4. The normalized spacial score (nSPS) is 17.8. The van der Waals surface area contributed by atoms with Gasteiger partial charge in [-0.15, -0.1) is 0 Å². The number of hydrogen-bond acceptors (Lipinski definition) is 5. The van der Waals surface area contributed by atoms with Crippen LogP contribution in [0.3, 0.4) is 0 Å². The zero-order valence-corrected chi connectivity index (χ0v) is 16.6. The molecule has 0 radical (unpaired) electrons. The lowest BCUT2D eigenvalue weighted by Gasteiger charge is -2.29. The van der Waals surface area contributed by atoms with Crippen LogP contribution < -0.4 is 0 Å². The third-order valence-corrected chi connectivity index (χ3v) is 5.40. The third kappa shape index (κ3) is 2.99. The molecule has 2 atom stereocenters. The van der Waals surface area contributed by atoms with Crippen molar-refractivity contribution in [2.75, 3.05) is 0 Å². The molecule has 0 saturated carbocycles. The van der Waals surface area contributed by atoms with Gasteiger partial charge in [0.05, 0.1) is 11.0 Å². The Balaban J connectivity index is 1.76. The second kappa shape index (κ2) is 6.95. The first-order valence-electron chi connectivity index (χ1n) is 9.79. The van der Waals surface area contributed by atoms with Crippen molar-refractivity contribution in [3.05, 3.63) is 71.8 Å². The largest absolute Gasteiger partial charge is 0.454 e. The van der Waals surface area contributed by atoms with Crippen molar-refractivity contribution in [3.63, 3.8) is 0 Å². The summed E-state index contributed by atoms with van der Waals surface area (Å²) in [6.45, 7) is 2.69. The van der Waals surface area contributed by atoms with Crippen LogP contribution in [0.4, 0.5) is 0 Å². The lowest BCUT2D eigenvalue weighted by molar-refractivity contribution is -0.162. The highest BCUT2D eigenvalue weighted by Crippen LogP contribution is 2.38. The first-order valence-corrected chi connectivity index (χ1v) is 9.79. The molecule has 1 aliphatic carbocycles. The van der Waals surface area contributed by atoms with Crippen molar-refractivity contribution in [3.8, 4) is 0 Å². The summed E-state index contributed by atoms with van der Waals surface area (Å²) in [5.41, 5.74) is 3.40. The van der Waals surface area contributed by atoms with Crippen LogP contribution in [-0.2, 0) is 19.1 Å². The van der Waals surface area contributed by atoms with Gasteiger partial charge >= 0.3 is 11.9 Å². The highest BCUT2D eigenvalue weighted by molar-refractivity contribution is 6.09. The molecule has 0 amide bonds. The van der Waals surface area contributed by atoms with E-state index in [0.29, 0.717) is 0 Å². The molecule has 3 aromatic carbocycles. The Bertz CT molecular complexity index is 1370. The van der Waals surface area contributed by atoms with Crippen LogP contribution in [0.1, 0.15) is 31.1 Å². The molecular formula is C25H19NO4. The number of carbonyl (C=O) groups is 2. The van der Waals surface area contributed by atoms with Crippen molar-refractivity contribution in [1.82, 2.24) is 4.98 Å². The number of pyridine rings is 1. The van der Waals surface area contributed by atoms with Gasteiger partial charge in [-0.05, 0) is 17.5 Å². The Morgan fingerprint density at radius 2 is 1.53 bits per heavy atom. The molecule has 0 aliphatic heterocycles. The first-order chi connectivity index (χ1) is 14.5. The molecule has 0 unspecified atom stereocenters. The monoisotopic (exact) mass is 397 g/mol. The van der Waals surface area contributed by atoms with Gasteiger partial charge in [0.2, 0.25) is 0 Å². The molecule has 5 heteroatoms. The van der Waals surface area contributed by atoms with E-state index in [1.165, 1.54) is 13.8 Å². The number of benzene rings is 3. The molecule has 4 aromatic rings. The fourth-order valence-corrected chi connectivity index (χ4v) is 4.17. The van der Waals surface area contributed by atoms with Gasteiger partial charge in [-0.3, -0.25) is 9.59 Å². The van der Waals surface area contributed by atoms with Gasteiger partial charge in [0, 0.05) is 41.1 Å². The first kappa shape index (κ1) is 18.3. The molecule has 5 nitrogen and oxygen atoms in total. The number of carbonyl (C=O) groups excluding carboxylic acids is 2. The quantitative estimate of drug-likeness (QED) is 0.267. The number of fused-ring (bicyclic) bond motifs is 6. The molecule has 1 aliphatic rings. The molecular weight excluding hydrogens is 378 g/mol. The van der Waals surface area contributed by atoms with Gasteiger partial charge in [-0.1, -0.05) is 54.6 Å². The van der Waals surface area contributed by atoms with Crippen LogP contribution in [0.15, 0.2) is 60.7 Å². The summed E-state index contributed by atoms with van der Waals surface area (Å²) >= 11 is 0. The number of aromatic nitrogens is 1. The number of ether oxygens (including phenoxy) is 2. The Morgan fingerprint density at radius 1 is 0.833 bits per heavy atom. The van der Waals surface area contributed by atoms with Crippen LogP contribution in [0.25, 0.3) is 38.7 Å². The minimum absolute atomic E-state index is 0.429. The standard InChI is InChI=1S/C25H19NO4/c1-14(27)29-22-12-11-20-21(25(22)30-15(2)28)10-9-18-13-17-8-7-16-5-3-4-6-19(16)23(17)26-24(18)20/h3-13,22,25H,1-2H3/t22-,25-/m0/s1. The van der Waals surface area contributed by atoms with Crippen LogP contribution in [-0.4, -0.2) is 23.0 Å². The molecule has 0 saturated heterocycles. The summed E-state index contributed by atoms with van der Waals surface area (Å²) in [5, 5.41) is 4.28. The van der Waals surface area contributed by atoms with Gasteiger partial charge in [-0.25, -0.2) is 4.98 Å². The highest BCUT2D eigenvalue weighted by atomic mass is 16.6. The van der Waals surface area contributed by atoms with Crippen LogP contribution in [0.5, 0.6) is 0 Å². The molecule has 1 aromatic heterocycles. The zero-order chi connectivity index (χ0) is 20.8. The lowest BCUT2D eigenvalue weighted by atomic mass is 9.90. The maximum Gasteiger partial charge on any atom is 0.303 e.